The van der Waals surface area contributed by atoms with Crippen LogP contribution in [0.2, 0.25) is 10.0 Å². The van der Waals surface area contributed by atoms with Crippen molar-refractivity contribution >= 4 is 33.2 Å². The molecule has 1 atom stereocenters. The van der Waals surface area contributed by atoms with Crippen molar-refractivity contribution in [3.8, 4) is 0 Å². The minimum absolute atomic E-state index is 0.0426. The molecular formula is C14H21Cl2NO2S. The Labute approximate surface area is 131 Å². The topological polar surface area (TPSA) is 46.2 Å². The van der Waals surface area contributed by atoms with E-state index in [2.05, 4.69) is 18.6 Å². The Hall–Kier alpha value is -0.290. The van der Waals surface area contributed by atoms with E-state index in [-0.39, 0.29) is 21.0 Å². The molecule has 0 aromatic heterocycles. The predicted octanol–water partition coefficient (Wildman–Crippen LogP) is 4.49. The Morgan fingerprint density at radius 1 is 1.10 bits per heavy atom. The van der Waals surface area contributed by atoms with Crippen LogP contribution in [0.4, 0.5) is 0 Å². The van der Waals surface area contributed by atoms with E-state index in [0.717, 1.165) is 19.3 Å². The summed E-state index contributed by atoms with van der Waals surface area (Å²) >= 11 is 11.9. The van der Waals surface area contributed by atoms with E-state index in [9.17, 15) is 8.42 Å². The van der Waals surface area contributed by atoms with Crippen molar-refractivity contribution in [3.05, 3.63) is 28.2 Å². The zero-order valence-corrected chi connectivity index (χ0v) is 14.3. The average Bonchev–Trinajstić information content (AvgIpc) is 2.26. The lowest BCUT2D eigenvalue weighted by Crippen LogP contribution is -2.33. The Morgan fingerprint density at radius 3 is 2.15 bits per heavy atom. The second kappa shape index (κ2) is 7.64. The maximum absolute atomic E-state index is 12.3. The molecule has 1 aromatic rings. The molecule has 1 rings (SSSR count). The van der Waals surface area contributed by atoms with Crippen molar-refractivity contribution in [1.82, 2.24) is 4.72 Å². The Morgan fingerprint density at radius 2 is 1.65 bits per heavy atom. The molecule has 20 heavy (non-hydrogen) atoms. The molecule has 6 heteroatoms. The average molecular weight is 338 g/mol. The Kier molecular flexibility index (Phi) is 6.79. The van der Waals surface area contributed by atoms with Crippen molar-refractivity contribution < 1.29 is 8.42 Å². The molecule has 0 saturated carbocycles. The summed E-state index contributed by atoms with van der Waals surface area (Å²) in [5.74, 6) is 0.622. The number of halogens is 2. The van der Waals surface area contributed by atoms with E-state index in [1.54, 1.807) is 6.07 Å². The summed E-state index contributed by atoms with van der Waals surface area (Å²) in [6, 6.07) is 4.51. The predicted molar refractivity (Wildman–Crippen MR) is 84.9 cm³/mol. The van der Waals surface area contributed by atoms with Crippen LogP contribution in [0, 0.1) is 5.92 Å². The standard InChI is InChI=1S/C14H21Cl2NO2S/c1-10(2)6-4-7-11(3)17-20(18,19)14-12(15)8-5-9-13(14)16/h5,8-11,17H,4,6-7H2,1-3H3. The first-order valence-corrected chi connectivity index (χ1v) is 8.94. The lowest BCUT2D eigenvalue weighted by Gasteiger charge is -2.16. The molecule has 0 fully saturated rings. The summed E-state index contributed by atoms with van der Waals surface area (Å²) in [6.45, 7) is 6.15. The molecule has 3 nitrogen and oxygen atoms in total. The van der Waals surface area contributed by atoms with Crippen LogP contribution in [0.3, 0.4) is 0 Å². The minimum Gasteiger partial charge on any atom is -0.208 e. The number of hydrogen-bond donors (Lipinski definition) is 1. The summed E-state index contributed by atoms with van der Waals surface area (Å²) in [5.41, 5.74) is 0. The van der Waals surface area contributed by atoms with Gasteiger partial charge in [-0.25, -0.2) is 13.1 Å². The van der Waals surface area contributed by atoms with Crippen molar-refractivity contribution in [3.63, 3.8) is 0 Å². The van der Waals surface area contributed by atoms with E-state index in [1.165, 1.54) is 12.1 Å². The molecule has 114 valence electrons. The van der Waals surface area contributed by atoms with Crippen LogP contribution in [0.1, 0.15) is 40.0 Å². The third kappa shape index (κ3) is 5.24. The van der Waals surface area contributed by atoms with Crippen LogP contribution < -0.4 is 4.72 Å². The van der Waals surface area contributed by atoms with Gasteiger partial charge in [0.1, 0.15) is 4.90 Å². The first-order valence-electron chi connectivity index (χ1n) is 6.70. The van der Waals surface area contributed by atoms with Crippen LogP contribution >= 0.6 is 23.2 Å². The van der Waals surface area contributed by atoms with Gasteiger partial charge in [0, 0.05) is 6.04 Å². The van der Waals surface area contributed by atoms with Crippen LogP contribution in [-0.4, -0.2) is 14.5 Å². The van der Waals surface area contributed by atoms with Crippen LogP contribution in [0.15, 0.2) is 23.1 Å². The van der Waals surface area contributed by atoms with Gasteiger partial charge in [0.15, 0.2) is 0 Å². The molecular weight excluding hydrogens is 317 g/mol. The third-order valence-corrected chi connectivity index (χ3v) is 5.51. The van der Waals surface area contributed by atoms with Gasteiger partial charge < -0.3 is 0 Å². The van der Waals surface area contributed by atoms with Crippen molar-refractivity contribution in [2.24, 2.45) is 5.92 Å². The molecule has 1 aromatic carbocycles. The number of nitrogens with one attached hydrogen (secondary N) is 1. The molecule has 0 aliphatic heterocycles. The van der Waals surface area contributed by atoms with Gasteiger partial charge in [-0.2, -0.15) is 0 Å². The van der Waals surface area contributed by atoms with Gasteiger partial charge in [-0.3, -0.25) is 0 Å². The zero-order chi connectivity index (χ0) is 15.3. The van der Waals surface area contributed by atoms with Crippen molar-refractivity contribution in [2.45, 2.75) is 51.0 Å². The highest BCUT2D eigenvalue weighted by atomic mass is 35.5. The highest BCUT2D eigenvalue weighted by molar-refractivity contribution is 7.89. The summed E-state index contributed by atoms with van der Waals surface area (Å²) in [6.07, 6.45) is 2.86. The van der Waals surface area contributed by atoms with Crippen molar-refractivity contribution in [2.75, 3.05) is 0 Å². The molecule has 1 N–H and O–H groups in total. The summed E-state index contributed by atoms with van der Waals surface area (Å²) in [7, 11) is -3.69. The molecule has 0 spiro atoms. The van der Waals surface area contributed by atoms with E-state index in [1.807, 2.05) is 6.92 Å². The summed E-state index contributed by atoms with van der Waals surface area (Å²) in [5, 5.41) is 0.277. The van der Waals surface area contributed by atoms with Gasteiger partial charge in [0.05, 0.1) is 10.0 Å². The number of sulfonamides is 1. The maximum atomic E-state index is 12.3. The zero-order valence-electron chi connectivity index (χ0n) is 12.0. The lowest BCUT2D eigenvalue weighted by atomic mass is 10.0. The van der Waals surface area contributed by atoms with Crippen LogP contribution in [0.25, 0.3) is 0 Å². The van der Waals surface area contributed by atoms with Crippen LogP contribution in [-0.2, 0) is 10.0 Å². The molecule has 0 radical (unpaired) electrons. The summed E-state index contributed by atoms with van der Waals surface area (Å²) < 4.78 is 27.2. The maximum Gasteiger partial charge on any atom is 0.243 e. The molecule has 0 saturated heterocycles. The molecule has 0 aliphatic carbocycles. The minimum atomic E-state index is -3.69. The number of hydrogen-bond acceptors (Lipinski definition) is 2. The highest BCUT2D eigenvalue weighted by Gasteiger charge is 2.23. The normalized spacial score (nSPS) is 13.7. The SMILES string of the molecule is CC(C)CCCC(C)NS(=O)(=O)c1c(Cl)cccc1Cl. The monoisotopic (exact) mass is 337 g/mol. The third-order valence-electron chi connectivity index (χ3n) is 2.96. The first-order chi connectivity index (χ1) is 9.24. The Bertz CT molecular complexity index is 524. The van der Waals surface area contributed by atoms with E-state index < -0.39 is 10.0 Å². The molecule has 0 amide bonds. The van der Waals surface area contributed by atoms with E-state index in [0.29, 0.717) is 5.92 Å². The largest absolute Gasteiger partial charge is 0.243 e. The fourth-order valence-corrected chi connectivity index (χ4v) is 4.38. The van der Waals surface area contributed by atoms with Gasteiger partial charge in [0.2, 0.25) is 10.0 Å². The second-order valence-electron chi connectivity index (χ2n) is 5.40. The molecule has 0 aliphatic rings. The smallest absolute Gasteiger partial charge is 0.208 e. The number of benzene rings is 1. The fourth-order valence-electron chi connectivity index (χ4n) is 1.95. The lowest BCUT2D eigenvalue weighted by molar-refractivity contribution is 0.488. The van der Waals surface area contributed by atoms with Gasteiger partial charge in [-0.1, -0.05) is 56.0 Å². The Balaban J connectivity index is 2.75. The quantitative estimate of drug-likeness (QED) is 0.796. The molecule has 0 heterocycles. The van der Waals surface area contributed by atoms with Gasteiger partial charge in [-0.15, -0.1) is 0 Å². The van der Waals surface area contributed by atoms with Gasteiger partial charge in [-0.05, 0) is 31.4 Å². The van der Waals surface area contributed by atoms with Crippen molar-refractivity contribution in [1.29, 1.82) is 0 Å². The number of rotatable bonds is 7. The fraction of sp³-hybridized carbons (Fsp3) is 0.571. The van der Waals surface area contributed by atoms with Gasteiger partial charge in [0.25, 0.3) is 0 Å². The highest BCUT2D eigenvalue weighted by Crippen LogP contribution is 2.29. The van der Waals surface area contributed by atoms with Crippen LogP contribution in [0.5, 0.6) is 0 Å². The second-order valence-corrected chi connectivity index (χ2v) is 7.86. The summed E-state index contributed by atoms with van der Waals surface area (Å²) in [4.78, 5) is -0.0426. The van der Waals surface area contributed by atoms with Gasteiger partial charge >= 0.3 is 0 Å². The first kappa shape index (κ1) is 17.8. The van der Waals surface area contributed by atoms with E-state index >= 15 is 0 Å². The van der Waals surface area contributed by atoms with E-state index in [4.69, 9.17) is 23.2 Å². The molecule has 1 unspecified atom stereocenters. The molecule has 0 bridgehead atoms.